The van der Waals surface area contributed by atoms with E-state index in [1.165, 1.54) is 6.07 Å². The molecule has 1 N–H and O–H groups in total. The van der Waals surface area contributed by atoms with Gasteiger partial charge in [0, 0.05) is 18.1 Å². The van der Waals surface area contributed by atoms with E-state index >= 15 is 0 Å². The van der Waals surface area contributed by atoms with Crippen molar-refractivity contribution in [3.63, 3.8) is 0 Å². The lowest BCUT2D eigenvalue weighted by atomic mass is 10.1. The molecule has 0 fully saturated rings. The number of ether oxygens (including phenoxy) is 1. The second kappa shape index (κ2) is 6.89. The van der Waals surface area contributed by atoms with Crippen LogP contribution in [0.5, 0.6) is 5.75 Å². The number of hydrogen-bond acceptors (Lipinski definition) is 3. The molecule has 0 spiro atoms. The van der Waals surface area contributed by atoms with Crippen molar-refractivity contribution in [2.75, 3.05) is 6.61 Å². The predicted molar refractivity (Wildman–Crippen MR) is 80.1 cm³/mol. The molecule has 0 aliphatic rings. The minimum absolute atomic E-state index is 0.122. The molecule has 0 aliphatic heterocycles. The molecular weight excluding hydrogens is 252 g/mol. The van der Waals surface area contributed by atoms with E-state index in [4.69, 9.17) is 4.74 Å². The van der Waals surface area contributed by atoms with Gasteiger partial charge in [-0.3, -0.25) is 4.79 Å². The zero-order chi connectivity index (χ0) is 14.4. The summed E-state index contributed by atoms with van der Waals surface area (Å²) in [5, 5.41) is 0. The van der Waals surface area contributed by atoms with Crippen LogP contribution in [-0.2, 0) is 6.42 Å². The molecule has 0 saturated heterocycles. The number of H-pyrrole nitrogens is 1. The summed E-state index contributed by atoms with van der Waals surface area (Å²) in [4.78, 5) is 19.0. The molecule has 0 atom stereocenters. The molecule has 2 aromatic rings. The van der Waals surface area contributed by atoms with Gasteiger partial charge in [-0.25, -0.2) is 4.98 Å². The van der Waals surface area contributed by atoms with E-state index in [-0.39, 0.29) is 5.56 Å². The van der Waals surface area contributed by atoms with Crippen LogP contribution in [0.25, 0.3) is 11.3 Å². The third-order valence-corrected chi connectivity index (χ3v) is 2.90. The topological polar surface area (TPSA) is 55.0 Å². The van der Waals surface area contributed by atoms with E-state index in [2.05, 4.69) is 23.8 Å². The lowest BCUT2D eigenvalue weighted by Gasteiger charge is -2.10. The van der Waals surface area contributed by atoms with E-state index in [0.29, 0.717) is 12.3 Å². The molecule has 0 amide bonds. The largest absolute Gasteiger partial charge is 0.493 e. The lowest BCUT2D eigenvalue weighted by Crippen LogP contribution is -2.11. The maximum absolute atomic E-state index is 11.7. The summed E-state index contributed by atoms with van der Waals surface area (Å²) in [5.41, 5.74) is 1.41. The van der Waals surface area contributed by atoms with Gasteiger partial charge in [-0.15, -0.1) is 0 Å². The molecule has 20 heavy (non-hydrogen) atoms. The number of hydrogen-bond donors (Lipinski definition) is 1. The molecule has 1 heterocycles. The van der Waals surface area contributed by atoms with Crippen LogP contribution in [0, 0.1) is 0 Å². The molecule has 0 unspecified atom stereocenters. The average molecular weight is 272 g/mol. The van der Waals surface area contributed by atoms with Crippen LogP contribution in [0.2, 0.25) is 0 Å². The maximum atomic E-state index is 11.7. The zero-order valence-electron chi connectivity index (χ0n) is 12.0. The van der Waals surface area contributed by atoms with Gasteiger partial charge in [-0.2, -0.15) is 0 Å². The van der Waals surface area contributed by atoms with Crippen molar-refractivity contribution in [3.8, 4) is 17.0 Å². The molecule has 106 valence electrons. The highest BCUT2D eigenvalue weighted by Crippen LogP contribution is 2.27. The maximum Gasteiger partial charge on any atom is 0.251 e. The standard InChI is InChI=1S/C16H20N2O2/c1-3-7-15-17-13(11-16(19)18-15)12-8-5-6-9-14(12)20-10-4-2/h5-6,8-9,11H,3-4,7,10H2,1-2H3,(H,17,18,19). The van der Waals surface area contributed by atoms with E-state index in [0.717, 1.165) is 36.4 Å². The number of nitrogens with one attached hydrogen (secondary N) is 1. The number of rotatable bonds is 6. The summed E-state index contributed by atoms with van der Waals surface area (Å²) < 4.78 is 5.73. The summed E-state index contributed by atoms with van der Waals surface area (Å²) in [6.07, 6.45) is 2.65. The Hall–Kier alpha value is -2.10. The summed E-state index contributed by atoms with van der Waals surface area (Å²) in [6.45, 7) is 4.78. The number of benzene rings is 1. The van der Waals surface area contributed by atoms with Crippen molar-refractivity contribution in [1.82, 2.24) is 9.97 Å². The molecule has 2 rings (SSSR count). The molecule has 0 aliphatic carbocycles. The first-order chi connectivity index (χ1) is 9.74. The second-order valence-corrected chi connectivity index (χ2v) is 4.67. The van der Waals surface area contributed by atoms with Crippen molar-refractivity contribution in [2.24, 2.45) is 0 Å². The van der Waals surface area contributed by atoms with Crippen molar-refractivity contribution < 1.29 is 4.74 Å². The first kappa shape index (κ1) is 14.3. The first-order valence-corrected chi connectivity index (χ1v) is 7.07. The van der Waals surface area contributed by atoms with Gasteiger partial charge in [0.25, 0.3) is 5.56 Å². The van der Waals surface area contributed by atoms with Crippen molar-refractivity contribution in [2.45, 2.75) is 33.1 Å². The monoisotopic (exact) mass is 272 g/mol. The molecule has 0 saturated carbocycles. The number of aromatic nitrogens is 2. The third-order valence-electron chi connectivity index (χ3n) is 2.90. The SMILES string of the molecule is CCCOc1ccccc1-c1cc(=O)[nH]c(CCC)n1. The van der Waals surface area contributed by atoms with E-state index in [1.54, 1.807) is 0 Å². The van der Waals surface area contributed by atoms with Crippen LogP contribution in [-0.4, -0.2) is 16.6 Å². The Kier molecular flexibility index (Phi) is 4.93. The number of nitrogens with zero attached hydrogens (tertiary/aromatic N) is 1. The average Bonchev–Trinajstić information content (AvgIpc) is 2.45. The highest BCUT2D eigenvalue weighted by atomic mass is 16.5. The Balaban J connectivity index is 2.42. The Bertz CT molecular complexity index is 620. The van der Waals surface area contributed by atoms with Crippen LogP contribution < -0.4 is 10.3 Å². The second-order valence-electron chi connectivity index (χ2n) is 4.67. The zero-order valence-corrected chi connectivity index (χ0v) is 12.0. The number of aryl methyl sites for hydroxylation is 1. The van der Waals surface area contributed by atoms with E-state index < -0.39 is 0 Å². The fraction of sp³-hybridized carbons (Fsp3) is 0.375. The molecular formula is C16H20N2O2. The predicted octanol–water partition coefficient (Wildman–Crippen LogP) is 3.18. The smallest absolute Gasteiger partial charge is 0.251 e. The molecule has 4 nitrogen and oxygen atoms in total. The molecule has 1 aromatic carbocycles. The Labute approximate surface area is 118 Å². The van der Waals surface area contributed by atoms with E-state index in [1.807, 2.05) is 24.3 Å². The van der Waals surface area contributed by atoms with Crippen LogP contribution in [0.15, 0.2) is 35.1 Å². The van der Waals surface area contributed by atoms with Gasteiger partial charge in [-0.05, 0) is 25.0 Å². The minimum Gasteiger partial charge on any atom is -0.493 e. The van der Waals surface area contributed by atoms with Gasteiger partial charge in [-0.1, -0.05) is 26.0 Å². The normalized spacial score (nSPS) is 10.5. The van der Waals surface area contributed by atoms with E-state index in [9.17, 15) is 4.79 Å². The lowest BCUT2D eigenvalue weighted by molar-refractivity contribution is 0.318. The summed E-state index contributed by atoms with van der Waals surface area (Å²) in [5.74, 6) is 1.50. The molecule has 0 radical (unpaired) electrons. The molecule has 1 aromatic heterocycles. The summed E-state index contributed by atoms with van der Waals surface area (Å²) in [6, 6.07) is 9.22. The Morgan fingerprint density at radius 1 is 1.20 bits per heavy atom. The van der Waals surface area contributed by atoms with Crippen LogP contribution in [0.1, 0.15) is 32.5 Å². The van der Waals surface area contributed by atoms with Crippen LogP contribution >= 0.6 is 0 Å². The fourth-order valence-electron chi connectivity index (χ4n) is 2.02. The minimum atomic E-state index is -0.122. The molecule has 0 bridgehead atoms. The summed E-state index contributed by atoms with van der Waals surface area (Å²) in [7, 11) is 0. The van der Waals surface area contributed by atoms with Crippen LogP contribution in [0.4, 0.5) is 0 Å². The van der Waals surface area contributed by atoms with Gasteiger partial charge < -0.3 is 9.72 Å². The highest BCUT2D eigenvalue weighted by molar-refractivity contribution is 5.66. The Morgan fingerprint density at radius 2 is 2.00 bits per heavy atom. The van der Waals surface area contributed by atoms with Gasteiger partial charge in [0.15, 0.2) is 0 Å². The highest BCUT2D eigenvalue weighted by Gasteiger charge is 2.09. The molecule has 4 heteroatoms. The third kappa shape index (κ3) is 3.47. The number of para-hydroxylation sites is 1. The summed E-state index contributed by atoms with van der Waals surface area (Å²) >= 11 is 0. The van der Waals surface area contributed by atoms with Gasteiger partial charge in [0.1, 0.15) is 11.6 Å². The quantitative estimate of drug-likeness (QED) is 0.878. The Morgan fingerprint density at radius 3 is 2.75 bits per heavy atom. The van der Waals surface area contributed by atoms with Crippen molar-refractivity contribution in [1.29, 1.82) is 0 Å². The number of aromatic amines is 1. The van der Waals surface area contributed by atoms with Crippen molar-refractivity contribution >= 4 is 0 Å². The fourth-order valence-corrected chi connectivity index (χ4v) is 2.02. The van der Waals surface area contributed by atoms with Crippen LogP contribution in [0.3, 0.4) is 0 Å². The van der Waals surface area contributed by atoms with Crippen molar-refractivity contribution in [3.05, 3.63) is 46.5 Å². The first-order valence-electron chi connectivity index (χ1n) is 7.07. The van der Waals surface area contributed by atoms with Gasteiger partial charge in [0.2, 0.25) is 0 Å². The van der Waals surface area contributed by atoms with Gasteiger partial charge >= 0.3 is 0 Å². The van der Waals surface area contributed by atoms with Gasteiger partial charge in [0.05, 0.1) is 12.3 Å².